The molecule has 11 heteroatoms. The number of nitro groups is 1. The van der Waals surface area contributed by atoms with Crippen LogP contribution >= 0.6 is 11.8 Å². The lowest BCUT2D eigenvalue weighted by Gasteiger charge is -2.28. The zero-order valence-electron chi connectivity index (χ0n) is 24.6. The molecule has 0 spiro atoms. The molecule has 0 amide bonds. The van der Waals surface area contributed by atoms with Gasteiger partial charge < -0.3 is 14.5 Å². The fourth-order valence-corrected chi connectivity index (χ4v) is 5.60. The normalized spacial score (nSPS) is 13.3. The summed E-state index contributed by atoms with van der Waals surface area (Å²) >= 11 is 1.47. The van der Waals surface area contributed by atoms with Gasteiger partial charge in [0.15, 0.2) is 11.5 Å². The van der Waals surface area contributed by atoms with Crippen molar-refractivity contribution in [2.75, 3.05) is 31.2 Å². The van der Waals surface area contributed by atoms with Crippen molar-refractivity contribution in [2.24, 2.45) is 5.16 Å². The number of carbonyl (C=O) groups excluding carboxylic acids is 3. The molecule has 0 aliphatic carbocycles. The maximum Gasteiger partial charge on any atom is 0.332 e. The molecule has 1 fully saturated rings. The van der Waals surface area contributed by atoms with E-state index >= 15 is 0 Å². The Morgan fingerprint density at radius 2 is 1.40 bits per heavy atom. The third-order valence-corrected chi connectivity index (χ3v) is 8.15. The Bertz CT molecular complexity index is 1760. The number of Topliss-reactive ketones (excluding diaryl/α,β-unsaturated/α-hetero) is 1. The number of hydrogen-bond acceptors (Lipinski definition) is 10. The topological polar surface area (TPSA) is 128 Å². The SMILES string of the molecule is CC(=O)ON=C(C(=O)c1ccc(Sc2ccc(C(=O)c3ccc(N4CCOCC4)cc3)cc2)cc1)c1ccc([N+](=O)[O-])cc1C. The summed E-state index contributed by atoms with van der Waals surface area (Å²) in [6.07, 6.45) is 0. The smallest absolute Gasteiger partial charge is 0.332 e. The van der Waals surface area contributed by atoms with Crippen molar-refractivity contribution < 1.29 is 28.9 Å². The molecule has 4 aromatic carbocycles. The van der Waals surface area contributed by atoms with E-state index in [1.807, 2.05) is 36.4 Å². The number of morpholine rings is 1. The molecule has 1 aliphatic heterocycles. The lowest BCUT2D eigenvalue weighted by Crippen LogP contribution is -2.36. The molecular formula is C34H29N3O7S. The molecule has 4 aromatic rings. The minimum Gasteiger partial charge on any atom is -0.378 e. The van der Waals surface area contributed by atoms with Crippen LogP contribution < -0.4 is 4.90 Å². The van der Waals surface area contributed by atoms with E-state index in [9.17, 15) is 24.5 Å². The maximum absolute atomic E-state index is 13.4. The van der Waals surface area contributed by atoms with Gasteiger partial charge in [0.2, 0.25) is 5.78 Å². The number of aryl methyl sites for hydroxylation is 1. The Morgan fingerprint density at radius 3 is 1.93 bits per heavy atom. The van der Waals surface area contributed by atoms with Gasteiger partial charge in [-0.2, -0.15) is 0 Å². The predicted molar refractivity (Wildman–Crippen MR) is 170 cm³/mol. The number of nitro benzene ring substituents is 1. The van der Waals surface area contributed by atoms with Gasteiger partial charge in [-0.25, -0.2) is 4.79 Å². The van der Waals surface area contributed by atoms with Crippen LogP contribution in [0.1, 0.15) is 44.3 Å². The van der Waals surface area contributed by atoms with E-state index in [1.54, 1.807) is 43.3 Å². The van der Waals surface area contributed by atoms with Crippen LogP contribution in [0.25, 0.3) is 0 Å². The molecule has 0 unspecified atom stereocenters. The van der Waals surface area contributed by atoms with Crippen LogP contribution in [0.4, 0.5) is 11.4 Å². The first-order valence-electron chi connectivity index (χ1n) is 14.1. The van der Waals surface area contributed by atoms with E-state index in [1.165, 1.54) is 30.0 Å². The molecule has 0 radical (unpaired) electrons. The summed E-state index contributed by atoms with van der Waals surface area (Å²) in [6.45, 7) is 5.83. The zero-order valence-corrected chi connectivity index (χ0v) is 25.4. The largest absolute Gasteiger partial charge is 0.378 e. The molecular weight excluding hydrogens is 594 g/mol. The van der Waals surface area contributed by atoms with Gasteiger partial charge in [0.25, 0.3) is 5.69 Å². The van der Waals surface area contributed by atoms with Crippen LogP contribution in [-0.2, 0) is 14.4 Å². The summed E-state index contributed by atoms with van der Waals surface area (Å²) in [5.74, 6) is -1.27. The lowest BCUT2D eigenvalue weighted by molar-refractivity contribution is -0.384. The van der Waals surface area contributed by atoms with Crippen molar-refractivity contribution >= 4 is 46.4 Å². The Balaban J connectivity index is 1.26. The van der Waals surface area contributed by atoms with Gasteiger partial charge >= 0.3 is 5.97 Å². The quantitative estimate of drug-likeness (QED) is 0.0660. The molecule has 228 valence electrons. The average molecular weight is 624 g/mol. The number of non-ortho nitro benzene ring substituents is 1. The predicted octanol–water partition coefficient (Wildman–Crippen LogP) is 6.27. The molecule has 1 aliphatic rings. The molecule has 45 heavy (non-hydrogen) atoms. The Kier molecular flexibility index (Phi) is 9.81. The van der Waals surface area contributed by atoms with Crippen molar-refractivity contribution in [1.29, 1.82) is 0 Å². The van der Waals surface area contributed by atoms with Crippen molar-refractivity contribution in [2.45, 2.75) is 23.6 Å². The number of carbonyl (C=O) groups is 3. The third kappa shape index (κ3) is 7.69. The van der Waals surface area contributed by atoms with Gasteiger partial charge in [-0.05, 0) is 91.3 Å². The van der Waals surface area contributed by atoms with Gasteiger partial charge in [-0.15, -0.1) is 0 Å². The minimum atomic E-state index is -0.707. The highest BCUT2D eigenvalue weighted by Crippen LogP contribution is 2.29. The third-order valence-electron chi connectivity index (χ3n) is 7.13. The summed E-state index contributed by atoms with van der Waals surface area (Å²) in [4.78, 5) is 57.3. The summed E-state index contributed by atoms with van der Waals surface area (Å²) in [5.41, 5.74) is 3.04. The van der Waals surface area contributed by atoms with Crippen molar-refractivity contribution in [1.82, 2.24) is 0 Å². The van der Waals surface area contributed by atoms with Gasteiger partial charge in [-0.3, -0.25) is 19.7 Å². The molecule has 1 heterocycles. The fourth-order valence-electron chi connectivity index (χ4n) is 4.78. The summed E-state index contributed by atoms with van der Waals surface area (Å²) in [7, 11) is 0. The van der Waals surface area contributed by atoms with Crippen molar-refractivity contribution in [3.8, 4) is 0 Å². The number of ketones is 2. The van der Waals surface area contributed by atoms with E-state index in [-0.39, 0.29) is 17.2 Å². The Hall–Kier alpha value is -5.13. The highest BCUT2D eigenvalue weighted by Gasteiger charge is 2.22. The first-order chi connectivity index (χ1) is 21.7. The molecule has 1 saturated heterocycles. The molecule has 0 N–H and O–H groups in total. The second-order valence-corrected chi connectivity index (χ2v) is 11.4. The zero-order chi connectivity index (χ0) is 31.9. The van der Waals surface area contributed by atoms with Crippen LogP contribution in [0.15, 0.2) is 106 Å². The van der Waals surface area contributed by atoms with E-state index in [2.05, 4.69) is 10.1 Å². The number of ether oxygens (including phenoxy) is 1. The monoisotopic (exact) mass is 623 g/mol. The molecule has 5 rings (SSSR count). The van der Waals surface area contributed by atoms with Crippen LogP contribution in [-0.4, -0.2) is 54.5 Å². The van der Waals surface area contributed by atoms with Gasteiger partial charge in [0, 0.05) is 69.9 Å². The molecule has 0 saturated carbocycles. The molecule has 10 nitrogen and oxygen atoms in total. The highest BCUT2D eigenvalue weighted by atomic mass is 32.2. The maximum atomic E-state index is 13.4. The number of nitrogens with zero attached hydrogens (tertiary/aromatic N) is 3. The van der Waals surface area contributed by atoms with Gasteiger partial charge in [-0.1, -0.05) is 16.9 Å². The Morgan fingerprint density at radius 1 is 0.844 bits per heavy atom. The summed E-state index contributed by atoms with van der Waals surface area (Å²) < 4.78 is 5.41. The second kappa shape index (κ2) is 14.1. The number of anilines is 1. The van der Waals surface area contributed by atoms with E-state index in [0.717, 1.165) is 35.5 Å². The molecule has 0 aromatic heterocycles. The first kappa shape index (κ1) is 31.3. The fraction of sp³-hybridized carbons (Fsp3) is 0.176. The lowest BCUT2D eigenvalue weighted by atomic mass is 9.97. The van der Waals surface area contributed by atoms with E-state index in [4.69, 9.17) is 9.57 Å². The molecule has 0 atom stereocenters. The van der Waals surface area contributed by atoms with Crippen LogP contribution in [0.2, 0.25) is 0 Å². The van der Waals surface area contributed by atoms with Crippen LogP contribution in [0.5, 0.6) is 0 Å². The number of rotatable bonds is 10. The molecule has 0 bridgehead atoms. The van der Waals surface area contributed by atoms with Crippen molar-refractivity contribution in [3.05, 3.63) is 129 Å². The highest BCUT2D eigenvalue weighted by molar-refractivity contribution is 7.99. The van der Waals surface area contributed by atoms with Crippen molar-refractivity contribution in [3.63, 3.8) is 0 Å². The first-order valence-corrected chi connectivity index (χ1v) is 14.9. The second-order valence-electron chi connectivity index (χ2n) is 10.2. The average Bonchev–Trinajstić information content (AvgIpc) is 3.06. The van der Waals surface area contributed by atoms with Crippen LogP contribution in [0.3, 0.4) is 0 Å². The van der Waals surface area contributed by atoms with Gasteiger partial charge in [0.1, 0.15) is 0 Å². The number of benzene rings is 4. The minimum absolute atomic E-state index is 0.0579. The van der Waals surface area contributed by atoms with Crippen LogP contribution in [0, 0.1) is 17.0 Å². The summed E-state index contributed by atoms with van der Waals surface area (Å²) in [6, 6.07) is 25.8. The van der Waals surface area contributed by atoms with Gasteiger partial charge in [0.05, 0.1) is 18.1 Å². The number of oxime groups is 1. The summed E-state index contributed by atoms with van der Waals surface area (Å²) in [5, 5.41) is 14.9. The standard InChI is InChI=1S/C34H29N3O7S/c1-22-21-28(37(41)42)11-16-31(22)32(35-44-23(2)38)34(40)26-7-14-30(15-8-26)45-29-12-5-25(6-13-29)33(39)24-3-9-27(10-4-24)36-17-19-43-20-18-36/h3-16,21H,17-20H2,1-2H3. The van der Waals surface area contributed by atoms with E-state index in [0.29, 0.717) is 41.0 Å². The van der Waals surface area contributed by atoms with E-state index < -0.39 is 16.7 Å². The Labute approximate surface area is 263 Å². The number of hydrogen-bond donors (Lipinski definition) is 0.